The zero-order valence-corrected chi connectivity index (χ0v) is 7.43. The maximum atomic E-state index is 10.6. The van der Waals surface area contributed by atoms with Crippen LogP contribution in [0.4, 0.5) is 5.69 Å². The molecule has 0 saturated carbocycles. The number of hydrogen-bond donors (Lipinski definition) is 2. The van der Waals surface area contributed by atoms with Crippen LogP contribution in [-0.2, 0) is 0 Å². The fraction of sp³-hybridized carbons (Fsp3) is 0. The third-order valence-corrected chi connectivity index (χ3v) is 1.66. The summed E-state index contributed by atoms with van der Waals surface area (Å²) in [6.07, 6.45) is 0. The molecule has 0 bridgehead atoms. The molecule has 0 fully saturated rings. The molecule has 0 aliphatic heterocycles. The third-order valence-electron chi connectivity index (χ3n) is 1.44. The van der Waals surface area contributed by atoms with E-state index >= 15 is 0 Å². The van der Waals surface area contributed by atoms with Crippen molar-refractivity contribution in [2.45, 2.75) is 0 Å². The quantitative estimate of drug-likeness (QED) is 0.448. The van der Waals surface area contributed by atoms with E-state index in [4.69, 9.17) is 22.2 Å². The minimum absolute atomic E-state index is 0.0719. The highest BCUT2D eigenvalue weighted by molar-refractivity contribution is 6.31. The van der Waals surface area contributed by atoms with Gasteiger partial charge in [-0.2, -0.15) is 0 Å². The van der Waals surface area contributed by atoms with Gasteiger partial charge in [-0.05, 0) is 17.7 Å². The minimum Gasteiger partial charge on any atom is -0.507 e. The van der Waals surface area contributed by atoms with Crippen molar-refractivity contribution in [3.8, 4) is 5.75 Å². The number of halogens is 1. The van der Waals surface area contributed by atoms with Crippen molar-refractivity contribution in [2.24, 2.45) is 5.11 Å². The van der Waals surface area contributed by atoms with Crippen molar-refractivity contribution in [3.63, 3.8) is 0 Å². The van der Waals surface area contributed by atoms with Crippen LogP contribution in [0.1, 0.15) is 10.4 Å². The molecule has 0 aliphatic carbocycles. The van der Waals surface area contributed by atoms with Crippen LogP contribution in [0.2, 0.25) is 5.02 Å². The molecule has 7 heteroatoms. The van der Waals surface area contributed by atoms with Crippen LogP contribution in [0.15, 0.2) is 17.2 Å². The SMILES string of the molecule is [N-]=[N+]=Nc1cc(Cl)cc(C(=O)O)c1O. The second-order valence-corrected chi connectivity index (χ2v) is 2.75. The van der Waals surface area contributed by atoms with Crippen molar-refractivity contribution in [3.05, 3.63) is 33.2 Å². The number of carboxylic acid groups (broad SMARTS) is 1. The van der Waals surface area contributed by atoms with E-state index in [0.717, 1.165) is 6.07 Å². The molecule has 1 aromatic rings. The van der Waals surface area contributed by atoms with Crippen molar-refractivity contribution in [2.75, 3.05) is 0 Å². The van der Waals surface area contributed by atoms with Gasteiger partial charge in [-0.15, -0.1) is 0 Å². The average Bonchev–Trinajstić information content (AvgIpc) is 2.10. The van der Waals surface area contributed by atoms with Crippen molar-refractivity contribution in [1.82, 2.24) is 0 Å². The maximum Gasteiger partial charge on any atom is 0.339 e. The second kappa shape index (κ2) is 3.87. The molecule has 2 N–H and O–H groups in total. The molecule has 6 nitrogen and oxygen atoms in total. The fourth-order valence-corrected chi connectivity index (χ4v) is 1.08. The minimum atomic E-state index is -1.35. The summed E-state index contributed by atoms with van der Waals surface area (Å²) in [5.74, 6) is -1.95. The molecule has 0 atom stereocenters. The number of aromatic hydroxyl groups is 1. The number of nitrogens with zero attached hydrogens (tertiary/aromatic N) is 3. The molecule has 72 valence electrons. The predicted octanol–water partition coefficient (Wildman–Crippen LogP) is 2.69. The normalized spacial score (nSPS) is 9.21. The molecule has 14 heavy (non-hydrogen) atoms. The van der Waals surface area contributed by atoms with Crippen LogP contribution >= 0.6 is 11.6 Å². The Balaban J connectivity index is 3.46. The van der Waals surface area contributed by atoms with E-state index in [0.29, 0.717) is 0 Å². The van der Waals surface area contributed by atoms with Gasteiger partial charge < -0.3 is 10.2 Å². The molecular weight excluding hydrogens is 210 g/mol. The van der Waals surface area contributed by atoms with E-state index in [1.165, 1.54) is 6.07 Å². The molecule has 0 spiro atoms. The first-order valence-corrected chi connectivity index (χ1v) is 3.75. The molecule has 1 rings (SSSR count). The Morgan fingerprint density at radius 2 is 2.21 bits per heavy atom. The Hall–Kier alpha value is -1.91. The van der Waals surface area contributed by atoms with Gasteiger partial charge in [-0.25, -0.2) is 4.79 Å². The van der Waals surface area contributed by atoms with Gasteiger partial charge >= 0.3 is 5.97 Å². The van der Waals surface area contributed by atoms with Crippen LogP contribution < -0.4 is 0 Å². The van der Waals surface area contributed by atoms with Crippen molar-refractivity contribution < 1.29 is 15.0 Å². The van der Waals surface area contributed by atoms with Gasteiger partial charge in [0.25, 0.3) is 0 Å². The lowest BCUT2D eigenvalue weighted by Gasteiger charge is -2.02. The molecule has 0 heterocycles. The number of azide groups is 1. The Labute approximate surface area is 83.0 Å². The number of rotatable bonds is 2. The summed E-state index contributed by atoms with van der Waals surface area (Å²) in [6.45, 7) is 0. The average molecular weight is 214 g/mol. The van der Waals surface area contributed by atoms with Crippen molar-refractivity contribution in [1.29, 1.82) is 0 Å². The standard InChI is InChI=1S/C7H4ClN3O3/c8-3-1-4(7(13)14)6(12)5(2-3)10-11-9/h1-2,12H,(H,13,14). The number of carboxylic acids is 1. The Morgan fingerprint density at radius 3 is 2.71 bits per heavy atom. The summed E-state index contributed by atoms with van der Waals surface area (Å²) in [5, 5.41) is 21.1. The van der Waals surface area contributed by atoms with E-state index < -0.39 is 17.3 Å². The largest absolute Gasteiger partial charge is 0.507 e. The Bertz CT molecular complexity index is 417. The lowest BCUT2D eigenvalue weighted by Crippen LogP contribution is -1.96. The lowest BCUT2D eigenvalue weighted by atomic mass is 10.2. The van der Waals surface area contributed by atoms with Gasteiger partial charge in [0.1, 0.15) is 11.3 Å². The lowest BCUT2D eigenvalue weighted by molar-refractivity contribution is 0.0694. The van der Waals surface area contributed by atoms with E-state index in [9.17, 15) is 9.90 Å². The van der Waals surface area contributed by atoms with Crippen molar-refractivity contribution >= 4 is 23.3 Å². The highest BCUT2D eigenvalue weighted by Crippen LogP contribution is 2.33. The Morgan fingerprint density at radius 1 is 1.57 bits per heavy atom. The monoisotopic (exact) mass is 213 g/mol. The predicted molar refractivity (Wildman–Crippen MR) is 48.9 cm³/mol. The number of aromatic carboxylic acids is 1. The summed E-state index contributed by atoms with van der Waals surface area (Å²) >= 11 is 5.54. The van der Waals surface area contributed by atoms with Crippen LogP contribution in [-0.4, -0.2) is 16.2 Å². The van der Waals surface area contributed by atoms with E-state index in [1.807, 2.05) is 0 Å². The summed E-state index contributed by atoms with van der Waals surface area (Å²) in [7, 11) is 0. The summed E-state index contributed by atoms with van der Waals surface area (Å²) in [4.78, 5) is 13.0. The maximum absolute atomic E-state index is 10.6. The van der Waals surface area contributed by atoms with Gasteiger partial charge in [-0.3, -0.25) is 0 Å². The Kier molecular flexibility index (Phi) is 2.81. The summed E-state index contributed by atoms with van der Waals surface area (Å²) in [6, 6.07) is 2.23. The second-order valence-electron chi connectivity index (χ2n) is 2.32. The van der Waals surface area contributed by atoms with Crippen LogP contribution in [0.3, 0.4) is 0 Å². The van der Waals surface area contributed by atoms with E-state index in [2.05, 4.69) is 10.0 Å². The molecule has 0 unspecified atom stereocenters. The highest BCUT2D eigenvalue weighted by Gasteiger charge is 2.13. The first kappa shape index (κ1) is 10.2. The van der Waals surface area contributed by atoms with Crippen LogP contribution in [0.25, 0.3) is 10.4 Å². The topological polar surface area (TPSA) is 106 Å². The van der Waals surface area contributed by atoms with Gasteiger partial charge in [-0.1, -0.05) is 16.7 Å². The van der Waals surface area contributed by atoms with Gasteiger partial charge in [0.05, 0.1) is 5.69 Å². The molecule has 0 aromatic heterocycles. The first-order chi connectivity index (χ1) is 6.56. The third kappa shape index (κ3) is 1.87. The smallest absolute Gasteiger partial charge is 0.339 e. The number of phenols is 1. The van der Waals surface area contributed by atoms with Gasteiger partial charge in [0.2, 0.25) is 0 Å². The molecule has 1 aromatic carbocycles. The zero-order chi connectivity index (χ0) is 10.7. The first-order valence-electron chi connectivity index (χ1n) is 3.37. The van der Waals surface area contributed by atoms with Gasteiger partial charge in [0.15, 0.2) is 0 Å². The zero-order valence-electron chi connectivity index (χ0n) is 6.68. The van der Waals surface area contributed by atoms with E-state index in [1.54, 1.807) is 0 Å². The summed E-state index contributed by atoms with van der Waals surface area (Å²) < 4.78 is 0. The molecule has 0 aliphatic rings. The van der Waals surface area contributed by atoms with E-state index in [-0.39, 0.29) is 10.7 Å². The number of carbonyl (C=O) groups is 1. The molecule has 0 amide bonds. The highest BCUT2D eigenvalue weighted by atomic mass is 35.5. The number of benzene rings is 1. The summed E-state index contributed by atoms with van der Waals surface area (Å²) in [5.41, 5.74) is 7.51. The van der Waals surface area contributed by atoms with Gasteiger partial charge in [0, 0.05) is 9.93 Å². The molecule has 0 radical (unpaired) electrons. The van der Waals surface area contributed by atoms with Crippen LogP contribution in [0.5, 0.6) is 5.75 Å². The van der Waals surface area contributed by atoms with Crippen LogP contribution in [0, 0.1) is 0 Å². The fourth-order valence-electron chi connectivity index (χ4n) is 0.872. The number of hydrogen-bond acceptors (Lipinski definition) is 3. The molecule has 0 saturated heterocycles. The molecular formula is C7H4ClN3O3.